The first-order valence-corrected chi connectivity index (χ1v) is 4.10. The summed E-state index contributed by atoms with van der Waals surface area (Å²) in [6.07, 6.45) is -2.41. The number of rotatable bonds is 3. The highest BCUT2D eigenvalue weighted by Gasteiger charge is 2.42. The molecule has 0 unspecified atom stereocenters. The van der Waals surface area contributed by atoms with E-state index in [-0.39, 0.29) is 16.8 Å². The molecule has 0 aromatic carbocycles. The number of nitrogens with zero attached hydrogens (tertiary/aromatic N) is 1. The van der Waals surface area contributed by atoms with Gasteiger partial charge in [-0.25, -0.2) is 13.8 Å². The standard InChI is InChI=1S/C7H5F4NS/c8-6(9)7(10,11)13-5-3-1-2-4-12-5/h1-4,6H. The van der Waals surface area contributed by atoms with Gasteiger partial charge in [-0.3, -0.25) is 0 Å². The van der Waals surface area contributed by atoms with Gasteiger partial charge in [0.25, 0.3) is 0 Å². The molecule has 1 rings (SSSR count). The van der Waals surface area contributed by atoms with Crippen molar-refractivity contribution in [3.63, 3.8) is 0 Å². The van der Waals surface area contributed by atoms with Crippen LogP contribution in [0.15, 0.2) is 29.4 Å². The molecule has 0 saturated heterocycles. The monoisotopic (exact) mass is 211 g/mol. The van der Waals surface area contributed by atoms with Crippen LogP contribution in [0.5, 0.6) is 0 Å². The Labute approximate surface area is 76.2 Å². The third-order valence-electron chi connectivity index (χ3n) is 1.13. The van der Waals surface area contributed by atoms with Gasteiger partial charge in [-0.05, 0) is 23.9 Å². The van der Waals surface area contributed by atoms with Crippen LogP contribution >= 0.6 is 11.8 Å². The van der Waals surface area contributed by atoms with Gasteiger partial charge in [-0.15, -0.1) is 0 Å². The van der Waals surface area contributed by atoms with Crippen molar-refractivity contribution in [3.8, 4) is 0 Å². The van der Waals surface area contributed by atoms with E-state index in [4.69, 9.17) is 0 Å². The predicted octanol–water partition coefficient (Wildman–Crippen LogP) is 3.03. The summed E-state index contributed by atoms with van der Waals surface area (Å²) in [7, 11) is 0. The summed E-state index contributed by atoms with van der Waals surface area (Å²) in [5.41, 5.74) is 0. The summed E-state index contributed by atoms with van der Waals surface area (Å²) in [6, 6.07) is 4.22. The smallest absolute Gasteiger partial charge is 0.250 e. The van der Waals surface area contributed by atoms with Crippen molar-refractivity contribution in [3.05, 3.63) is 24.4 Å². The molecule has 1 aromatic rings. The second-order valence-electron chi connectivity index (χ2n) is 2.13. The van der Waals surface area contributed by atoms with Crippen molar-refractivity contribution in [2.75, 3.05) is 0 Å². The van der Waals surface area contributed by atoms with Gasteiger partial charge >= 0.3 is 11.7 Å². The molecule has 0 aliphatic heterocycles. The highest BCUT2D eigenvalue weighted by atomic mass is 32.2. The SMILES string of the molecule is FC(F)C(F)(F)Sc1ccccn1. The summed E-state index contributed by atoms with van der Waals surface area (Å²) < 4.78 is 48.2. The lowest BCUT2D eigenvalue weighted by atomic mass is 10.5. The largest absolute Gasteiger partial charge is 0.359 e. The Kier molecular flexibility index (Phi) is 3.13. The fraction of sp³-hybridized carbons (Fsp3) is 0.286. The predicted molar refractivity (Wildman–Crippen MR) is 41.0 cm³/mol. The summed E-state index contributed by atoms with van der Waals surface area (Å²) >= 11 is -0.240. The van der Waals surface area contributed by atoms with Crippen LogP contribution in [-0.4, -0.2) is 16.7 Å². The van der Waals surface area contributed by atoms with E-state index in [0.717, 1.165) is 0 Å². The second-order valence-corrected chi connectivity index (χ2v) is 3.30. The summed E-state index contributed by atoms with van der Waals surface area (Å²) in [5, 5.41) is -4.19. The van der Waals surface area contributed by atoms with E-state index in [1.54, 1.807) is 0 Å². The molecule has 0 saturated carbocycles. The van der Waals surface area contributed by atoms with Gasteiger partial charge in [-0.1, -0.05) is 6.07 Å². The number of hydrogen-bond donors (Lipinski definition) is 0. The average Bonchev–Trinajstić information content (AvgIpc) is 2.05. The third kappa shape index (κ3) is 2.87. The highest BCUT2D eigenvalue weighted by molar-refractivity contribution is 8.00. The first-order chi connectivity index (χ1) is 6.02. The second kappa shape index (κ2) is 3.95. The molecular weight excluding hydrogens is 206 g/mol. The lowest BCUT2D eigenvalue weighted by molar-refractivity contribution is -0.0564. The molecule has 6 heteroatoms. The zero-order chi connectivity index (χ0) is 9.90. The van der Waals surface area contributed by atoms with Crippen molar-refractivity contribution in [2.24, 2.45) is 0 Å². The van der Waals surface area contributed by atoms with E-state index in [1.807, 2.05) is 0 Å². The van der Waals surface area contributed by atoms with Gasteiger partial charge < -0.3 is 0 Å². The molecule has 0 aliphatic carbocycles. The number of hydrogen-bond acceptors (Lipinski definition) is 2. The molecule has 72 valence electrons. The normalized spacial score (nSPS) is 12.1. The van der Waals surface area contributed by atoms with E-state index < -0.39 is 11.7 Å². The molecule has 0 aliphatic rings. The van der Waals surface area contributed by atoms with Gasteiger partial charge in [0.15, 0.2) is 0 Å². The van der Waals surface area contributed by atoms with Crippen LogP contribution < -0.4 is 0 Å². The maximum Gasteiger partial charge on any atom is 0.359 e. The summed E-state index contributed by atoms with van der Waals surface area (Å²) in [4.78, 5) is 3.50. The van der Waals surface area contributed by atoms with E-state index in [1.165, 1.54) is 24.4 Å². The number of pyridine rings is 1. The number of thioether (sulfide) groups is 1. The third-order valence-corrected chi connectivity index (χ3v) is 2.03. The Hall–Kier alpha value is -0.780. The van der Waals surface area contributed by atoms with Crippen LogP contribution in [0.3, 0.4) is 0 Å². The molecule has 1 aromatic heterocycles. The van der Waals surface area contributed by atoms with Crippen molar-refractivity contribution in [1.29, 1.82) is 0 Å². The van der Waals surface area contributed by atoms with Crippen LogP contribution in [0.4, 0.5) is 17.6 Å². The molecule has 1 heterocycles. The average molecular weight is 211 g/mol. The molecule has 0 spiro atoms. The highest BCUT2D eigenvalue weighted by Crippen LogP contribution is 2.39. The Morgan fingerprint density at radius 1 is 1.31 bits per heavy atom. The molecule has 0 fully saturated rings. The van der Waals surface area contributed by atoms with Gasteiger partial charge in [0, 0.05) is 6.20 Å². The van der Waals surface area contributed by atoms with Gasteiger partial charge in [0.05, 0.1) is 0 Å². The Balaban J connectivity index is 2.69. The molecule has 1 nitrogen and oxygen atoms in total. The van der Waals surface area contributed by atoms with Crippen LogP contribution in [0, 0.1) is 0 Å². The first-order valence-electron chi connectivity index (χ1n) is 3.28. The van der Waals surface area contributed by atoms with E-state index in [2.05, 4.69) is 4.98 Å². The zero-order valence-electron chi connectivity index (χ0n) is 6.25. The lowest BCUT2D eigenvalue weighted by Gasteiger charge is -2.12. The molecule has 0 N–H and O–H groups in total. The minimum atomic E-state index is -4.08. The van der Waals surface area contributed by atoms with Crippen LogP contribution in [0.2, 0.25) is 0 Å². The molecular formula is C7H5F4NS. The Bertz CT molecular complexity index is 264. The lowest BCUT2D eigenvalue weighted by Crippen LogP contribution is -2.21. The van der Waals surface area contributed by atoms with Gasteiger partial charge in [-0.2, -0.15) is 8.78 Å². The van der Waals surface area contributed by atoms with Crippen molar-refractivity contribution >= 4 is 11.8 Å². The van der Waals surface area contributed by atoms with E-state index in [0.29, 0.717) is 0 Å². The van der Waals surface area contributed by atoms with E-state index in [9.17, 15) is 17.6 Å². The maximum absolute atomic E-state index is 12.4. The van der Waals surface area contributed by atoms with Crippen molar-refractivity contribution < 1.29 is 17.6 Å². The quantitative estimate of drug-likeness (QED) is 0.563. The minimum Gasteiger partial charge on any atom is -0.250 e. The van der Waals surface area contributed by atoms with E-state index >= 15 is 0 Å². The molecule has 0 bridgehead atoms. The fourth-order valence-electron chi connectivity index (χ4n) is 0.591. The maximum atomic E-state index is 12.4. The molecule has 0 radical (unpaired) electrons. The minimum absolute atomic E-state index is 0.118. The summed E-state index contributed by atoms with van der Waals surface area (Å²) in [6.45, 7) is 0. The zero-order valence-corrected chi connectivity index (χ0v) is 7.07. The fourth-order valence-corrected chi connectivity index (χ4v) is 1.22. The van der Waals surface area contributed by atoms with Crippen LogP contribution in [0.25, 0.3) is 0 Å². The van der Waals surface area contributed by atoms with Crippen molar-refractivity contribution in [2.45, 2.75) is 16.7 Å². The molecule has 0 amide bonds. The molecule has 13 heavy (non-hydrogen) atoms. The van der Waals surface area contributed by atoms with Gasteiger partial charge in [0.2, 0.25) is 0 Å². The topological polar surface area (TPSA) is 12.9 Å². The van der Waals surface area contributed by atoms with Crippen molar-refractivity contribution in [1.82, 2.24) is 4.98 Å². The Morgan fingerprint density at radius 2 is 2.00 bits per heavy atom. The first kappa shape index (κ1) is 10.3. The van der Waals surface area contributed by atoms with Crippen LogP contribution in [-0.2, 0) is 0 Å². The number of halogens is 4. The number of alkyl halides is 4. The number of aromatic nitrogens is 1. The van der Waals surface area contributed by atoms with Crippen LogP contribution in [0.1, 0.15) is 0 Å². The molecule has 0 atom stereocenters. The Morgan fingerprint density at radius 3 is 2.46 bits per heavy atom. The summed E-state index contributed by atoms with van der Waals surface area (Å²) in [5.74, 6) is 0. The van der Waals surface area contributed by atoms with Gasteiger partial charge in [0.1, 0.15) is 5.03 Å².